The van der Waals surface area contributed by atoms with Crippen LogP contribution in [-0.2, 0) is 34.2 Å². The molecule has 0 saturated heterocycles. The van der Waals surface area contributed by atoms with Crippen LogP contribution < -0.4 is 10.0 Å². The number of hydrogen-bond acceptors (Lipinski definition) is 9. The molecule has 3 unspecified atom stereocenters. The van der Waals surface area contributed by atoms with E-state index < -0.39 is 53.6 Å². The number of nitrogens with one attached hydrogen (secondary N) is 2. The summed E-state index contributed by atoms with van der Waals surface area (Å²) in [6.07, 6.45) is 0.473. The Morgan fingerprint density at radius 2 is 1.62 bits per heavy atom. The van der Waals surface area contributed by atoms with E-state index in [9.17, 15) is 26.4 Å². The minimum atomic E-state index is -4.29. The predicted octanol–water partition coefficient (Wildman–Crippen LogP) is 5.59. The van der Waals surface area contributed by atoms with Crippen molar-refractivity contribution in [2.45, 2.75) is 146 Å². The zero-order valence-corrected chi connectivity index (χ0v) is 29.9. The van der Waals surface area contributed by atoms with Gasteiger partial charge < -0.3 is 10.1 Å². The number of sulfonamides is 1. The topological polar surface area (TPSA) is 136 Å². The maximum Gasteiger partial charge on any atom is 0.251 e. The summed E-state index contributed by atoms with van der Waals surface area (Å²) >= 11 is 0.713. The fourth-order valence-electron chi connectivity index (χ4n) is 5.41. The average molecular weight is 649 g/mol. The number of fused-ring (bicyclic) bond motifs is 1. The van der Waals surface area contributed by atoms with Crippen LogP contribution in [0.15, 0.2) is 14.5 Å². The summed E-state index contributed by atoms with van der Waals surface area (Å²) in [5, 5.41) is 2.60. The Morgan fingerprint density at radius 1 is 1.05 bits per heavy atom. The van der Waals surface area contributed by atoms with E-state index >= 15 is 0 Å². The molecule has 42 heavy (non-hydrogen) atoms. The van der Waals surface area contributed by atoms with E-state index in [0.717, 1.165) is 6.42 Å². The van der Waals surface area contributed by atoms with Gasteiger partial charge in [-0.05, 0) is 65.0 Å². The zero-order chi connectivity index (χ0) is 32.7. The maximum absolute atomic E-state index is 13.9. The predicted molar refractivity (Wildman–Crippen MR) is 168 cm³/mol. The molecular formula is C30H52N2O7S3. The molecule has 1 aromatic rings. The lowest BCUT2D eigenvalue weighted by atomic mass is 9.61. The Hall–Kier alpha value is -1.18. The van der Waals surface area contributed by atoms with Crippen molar-refractivity contribution in [2.75, 3.05) is 6.54 Å². The molecule has 12 heteroatoms. The van der Waals surface area contributed by atoms with Crippen molar-refractivity contribution in [3.63, 3.8) is 0 Å². The zero-order valence-electron chi connectivity index (χ0n) is 27.4. The molecule has 0 fully saturated rings. The summed E-state index contributed by atoms with van der Waals surface area (Å²) in [6, 6.07) is 1.12. The van der Waals surface area contributed by atoms with Crippen molar-refractivity contribution in [2.24, 2.45) is 10.8 Å². The first-order valence-electron chi connectivity index (χ1n) is 14.9. The highest BCUT2D eigenvalue weighted by molar-refractivity contribution is 7.95. The molecule has 0 aliphatic carbocycles. The van der Waals surface area contributed by atoms with Crippen LogP contribution in [-0.4, -0.2) is 57.4 Å². The Kier molecular flexibility index (Phi) is 11.2. The highest BCUT2D eigenvalue weighted by atomic mass is 32.3. The molecule has 1 aliphatic rings. The second-order valence-corrected chi connectivity index (χ2v) is 18.7. The Morgan fingerprint density at radius 3 is 2.10 bits per heavy atom. The minimum Gasteiger partial charge on any atom is -0.357 e. The van der Waals surface area contributed by atoms with E-state index in [1.165, 1.54) is 13.0 Å². The van der Waals surface area contributed by atoms with Gasteiger partial charge in [0.05, 0.1) is 10.8 Å². The first-order chi connectivity index (χ1) is 19.0. The molecule has 5 atom stereocenters. The third-order valence-electron chi connectivity index (χ3n) is 9.86. The van der Waals surface area contributed by atoms with Crippen molar-refractivity contribution < 1.29 is 31.2 Å². The largest absolute Gasteiger partial charge is 0.357 e. The normalized spacial score (nSPS) is 23.0. The molecular weight excluding hydrogens is 597 g/mol. The van der Waals surface area contributed by atoms with E-state index in [4.69, 9.17) is 4.74 Å². The quantitative estimate of drug-likeness (QED) is 0.251. The molecule has 0 amide bonds. The van der Waals surface area contributed by atoms with Gasteiger partial charge in [-0.15, -0.1) is 11.3 Å². The molecule has 0 radical (unpaired) electrons. The standard InChI is InChI=1S/C30H52N2O7S3/c1-13-27(7,8)28(9,10)26(34)30(12,15-3)39-20(6)24(33)29(11,14-2)32-42(37,38)23-18-21-22(31-16-4)17-19(5)41(35,36)25(21)40-23/h18-20,22,31-32H,13-17H2,1-12H3/t19-,20?,22-,29?,30?/m0/s1. The second-order valence-electron chi connectivity index (χ2n) is 13.2. The number of sulfone groups is 1. The molecule has 0 aromatic carbocycles. The van der Waals surface area contributed by atoms with Gasteiger partial charge in [-0.3, -0.25) is 9.59 Å². The lowest BCUT2D eigenvalue weighted by molar-refractivity contribution is -0.170. The van der Waals surface area contributed by atoms with Crippen LogP contribution in [0.1, 0.15) is 120 Å². The SMILES string of the molecule is CCN[C@H]1C[C@H](C)S(=O)(=O)c2sc(S(=O)(=O)NC(C)(CC)C(=O)C(C)OC(C)(CC)C(=O)C(C)(C)C(C)(C)CC)cc21. The molecule has 0 saturated carbocycles. The van der Waals surface area contributed by atoms with Gasteiger partial charge >= 0.3 is 0 Å². The van der Waals surface area contributed by atoms with Crippen LogP contribution >= 0.6 is 11.3 Å². The van der Waals surface area contributed by atoms with Gasteiger partial charge in [0, 0.05) is 17.0 Å². The van der Waals surface area contributed by atoms with E-state index in [0.29, 0.717) is 36.3 Å². The highest BCUT2D eigenvalue weighted by Crippen LogP contribution is 2.46. The van der Waals surface area contributed by atoms with Crippen LogP contribution in [0.4, 0.5) is 0 Å². The van der Waals surface area contributed by atoms with Crippen molar-refractivity contribution in [1.82, 2.24) is 10.0 Å². The number of ketones is 2. The average Bonchev–Trinajstić information content (AvgIpc) is 3.38. The van der Waals surface area contributed by atoms with Crippen LogP contribution in [0.3, 0.4) is 0 Å². The summed E-state index contributed by atoms with van der Waals surface area (Å²) in [5.74, 6) is -0.626. The van der Waals surface area contributed by atoms with Crippen molar-refractivity contribution in [3.05, 3.63) is 11.6 Å². The molecule has 2 N–H and O–H groups in total. The van der Waals surface area contributed by atoms with Gasteiger partial charge in [0.2, 0.25) is 0 Å². The summed E-state index contributed by atoms with van der Waals surface area (Å²) in [5.41, 5.74) is -3.45. The number of carbonyl (C=O) groups excluding carboxylic acids is 2. The fourth-order valence-corrected chi connectivity index (χ4v) is 10.9. The lowest BCUT2D eigenvalue weighted by Crippen LogP contribution is -2.58. The number of ether oxygens (including phenoxy) is 1. The molecule has 9 nitrogen and oxygen atoms in total. The number of Topliss-reactive ketones (excluding diaryl/α,β-unsaturated/α-hetero) is 2. The molecule has 2 rings (SSSR count). The van der Waals surface area contributed by atoms with Gasteiger partial charge in [-0.25, -0.2) is 16.8 Å². The molecule has 0 spiro atoms. The Labute approximate surface area is 257 Å². The molecule has 2 heterocycles. The summed E-state index contributed by atoms with van der Waals surface area (Å²) in [6.45, 7) is 22.3. The third kappa shape index (κ3) is 6.73. The van der Waals surface area contributed by atoms with Gasteiger partial charge in [-0.2, -0.15) is 4.72 Å². The minimum absolute atomic E-state index is 0.0450. The van der Waals surface area contributed by atoms with E-state index in [2.05, 4.69) is 10.0 Å². The highest BCUT2D eigenvalue weighted by Gasteiger charge is 2.51. The number of carbonyl (C=O) groups is 2. The number of hydrogen-bond donors (Lipinski definition) is 2. The second kappa shape index (κ2) is 12.7. The summed E-state index contributed by atoms with van der Waals surface area (Å²) in [7, 11) is -7.97. The lowest BCUT2D eigenvalue weighted by Gasteiger charge is -2.45. The van der Waals surface area contributed by atoms with Crippen molar-refractivity contribution in [3.8, 4) is 0 Å². The van der Waals surface area contributed by atoms with Crippen LogP contribution in [0.2, 0.25) is 0 Å². The summed E-state index contributed by atoms with van der Waals surface area (Å²) < 4.78 is 62.2. The molecule has 242 valence electrons. The third-order valence-corrected chi connectivity index (χ3v) is 15.8. The molecule has 1 aromatic heterocycles. The van der Waals surface area contributed by atoms with Gasteiger partial charge in [0.1, 0.15) is 20.1 Å². The van der Waals surface area contributed by atoms with Gasteiger partial charge in [0.15, 0.2) is 21.4 Å². The van der Waals surface area contributed by atoms with Crippen LogP contribution in [0, 0.1) is 10.8 Å². The van der Waals surface area contributed by atoms with Gasteiger partial charge in [0.25, 0.3) is 10.0 Å². The smallest absolute Gasteiger partial charge is 0.251 e. The Bertz CT molecular complexity index is 1380. The number of rotatable bonds is 15. The maximum atomic E-state index is 13.9. The monoisotopic (exact) mass is 648 g/mol. The van der Waals surface area contributed by atoms with Crippen molar-refractivity contribution >= 4 is 42.8 Å². The van der Waals surface area contributed by atoms with Gasteiger partial charge in [-0.1, -0.05) is 61.8 Å². The van der Waals surface area contributed by atoms with E-state index in [-0.39, 0.29) is 32.1 Å². The van der Waals surface area contributed by atoms with E-state index in [1.54, 1.807) is 27.7 Å². The van der Waals surface area contributed by atoms with Crippen LogP contribution in [0.5, 0.6) is 0 Å². The molecule has 1 aliphatic heterocycles. The van der Waals surface area contributed by atoms with Crippen molar-refractivity contribution in [1.29, 1.82) is 0 Å². The van der Waals surface area contributed by atoms with E-state index in [1.807, 2.05) is 48.5 Å². The first-order valence-corrected chi connectivity index (χ1v) is 18.8. The molecule has 0 bridgehead atoms. The number of thiophene rings is 1. The fraction of sp³-hybridized carbons (Fsp3) is 0.800. The first kappa shape index (κ1) is 37.0. The van der Waals surface area contributed by atoms with Crippen LogP contribution in [0.25, 0.3) is 0 Å². The Balaban J connectivity index is 2.42. The summed E-state index contributed by atoms with van der Waals surface area (Å²) in [4.78, 5) is 27.7.